The highest BCUT2D eigenvalue weighted by molar-refractivity contribution is 6.30. The van der Waals surface area contributed by atoms with Gasteiger partial charge >= 0.3 is 0 Å². The van der Waals surface area contributed by atoms with Crippen molar-refractivity contribution in [2.45, 2.75) is 32.8 Å². The number of β-amino-alcohol motifs (C(OH)–C–C–N with tert-alkyl or cyclic N) is 1. The molecule has 1 aliphatic heterocycles. The minimum Gasteiger partial charge on any atom is -0.387 e. The highest BCUT2D eigenvalue weighted by atomic mass is 35.5. The van der Waals surface area contributed by atoms with E-state index in [2.05, 4.69) is 34.7 Å². The van der Waals surface area contributed by atoms with Crippen molar-refractivity contribution < 1.29 is 5.11 Å². The highest BCUT2D eigenvalue weighted by Crippen LogP contribution is 2.21. The predicted octanol–water partition coefficient (Wildman–Crippen LogP) is 3.42. The topological polar surface area (TPSA) is 52.5 Å². The number of benzene rings is 1. The molecule has 1 aromatic carbocycles. The molecule has 5 nitrogen and oxygen atoms in total. The van der Waals surface area contributed by atoms with E-state index >= 15 is 0 Å². The number of aryl methyl sites for hydroxylation is 1. The average molecular weight is 375 g/mol. The summed E-state index contributed by atoms with van der Waals surface area (Å²) in [5.41, 5.74) is 1.92. The van der Waals surface area contributed by atoms with Gasteiger partial charge in [-0.1, -0.05) is 37.6 Å². The summed E-state index contributed by atoms with van der Waals surface area (Å²) in [5.74, 6) is 2.24. The predicted molar refractivity (Wildman–Crippen MR) is 106 cm³/mol. The summed E-state index contributed by atoms with van der Waals surface area (Å²) in [5, 5.41) is 11.2. The van der Waals surface area contributed by atoms with Crippen molar-refractivity contribution in [2.24, 2.45) is 0 Å². The number of anilines is 1. The van der Waals surface area contributed by atoms with Crippen molar-refractivity contribution in [1.82, 2.24) is 14.9 Å². The Balaban J connectivity index is 1.58. The lowest BCUT2D eigenvalue weighted by atomic mass is 10.1. The first-order valence-electron chi connectivity index (χ1n) is 9.19. The number of nitrogens with zero attached hydrogens (tertiary/aromatic N) is 4. The van der Waals surface area contributed by atoms with E-state index in [0.29, 0.717) is 17.5 Å². The van der Waals surface area contributed by atoms with Crippen molar-refractivity contribution >= 4 is 17.4 Å². The van der Waals surface area contributed by atoms with Crippen LogP contribution in [0.5, 0.6) is 0 Å². The summed E-state index contributed by atoms with van der Waals surface area (Å²) < 4.78 is 0. The minimum atomic E-state index is -0.493. The molecule has 0 spiro atoms. The first kappa shape index (κ1) is 19.1. The number of aromatic nitrogens is 2. The number of rotatable bonds is 5. The zero-order chi connectivity index (χ0) is 18.7. The van der Waals surface area contributed by atoms with E-state index in [4.69, 9.17) is 16.6 Å². The van der Waals surface area contributed by atoms with Crippen LogP contribution in [0.2, 0.25) is 5.02 Å². The SMILES string of the molecule is Cc1cc(N2CCN(CC(O)c3ccc(Cl)cc3)CC2)nc(C(C)C)n1. The normalized spacial score (nSPS) is 16.9. The first-order valence-corrected chi connectivity index (χ1v) is 9.56. The zero-order valence-electron chi connectivity index (χ0n) is 15.7. The Morgan fingerprint density at radius 1 is 1.08 bits per heavy atom. The van der Waals surface area contributed by atoms with Gasteiger partial charge in [0.2, 0.25) is 0 Å². The molecule has 1 fully saturated rings. The van der Waals surface area contributed by atoms with Crippen LogP contribution in [0.3, 0.4) is 0 Å². The van der Waals surface area contributed by atoms with Gasteiger partial charge in [-0.2, -0.15) is 0 Å². The molecular formula is C20H27ClN4O. The van der Waals surface area contributed by atoms with Gasteiger partial charge in [-0.25, -0.2) is 9.97 Å². The Bertz CT molecular complexity index is 727. The van der Waals surface area contributed by atoms with Gasteiger partial charge in [0, 0.05) is 55.4 Å². The second kappa shape index (κ2) is 8.33. The van der Waals surface area contributed by atoms with Crippen LogP contribution in [-0.4, -0.2) is 52.7 Å². The Labute approximate surface area is 160 Å². The molecule has 140 valence electrons. The number of aliphatic hydroxyl groups is 1. The third kappa shape index (κ3) is 4.72. The van der Waals surface area contributed by atoms with Gasteiger partial charge in [0.25, 0.3) is 0 Å². The maximum atomic E-state index is 10.5. The van der Waals surface area contributed by atoms with E-state index in [-0.39, 0.29) is 0 Å². The highest BCUT2D eigenvalue weighted by Gasteiger charge is 2.21. The van der Waals surface area contributed by atoms with Gasteiger partial charge < -0.3 is 10.0 Å². The van der Waals surface area contributed by atoms with Gasteiger partial charge in [0.05, 0.1) is 6.10 Å². The maximum Gasteiger partial charge on any atom is 0.133 e. The molecule has 6 heteroatoms. The lowest BCUT2D eigenvalue weighted by Gasteiger charge is -2.36. The molecule has 0 saturated carbocycles. The molecule has 2 heterocycles. The number of halogens is 1. The Morgan fingerprint density at radius 2 is 1.73 bits per heavy atom. The van der Waals surface area contributed by atoms with Crippen LogP contribution in [0, 0.1) is 6.92 Å². The molecule has 26 heavy (non-hydrogen) atoms. The number of piperazine rings is 1. The van der Waals surface area contributed by atoms with Crippen molar-refractivity contribution in [1.29, 1.82) is 0 Å². The molecule has 1 N–H and O–H groups in total. The van der Waals surface area contributed by atoms with E-state index < -0.39 is 6.10 Å². The largest absolute Gasteiger partial charge is 0.387 e. The third-order valence-corrected chi connectivity index (χ3v) is 5.01. The molecule has 1 unspecified atom stereocenters. The van der Waals surface area contributed by atoms with Crippen LogP contribution in [0.25, 0.3) is 0 Å². The molecule has 0 aliphatic carbocycles. The summed E-state index contributed by atoms with van der Waals surface area (Å²) in [6.45, 7) is 10.5. The molecule has 1 aromatic heterocycles. The van der Waals surface area contributed by atoms with Gasteiger partial charge in [-0.15, -0.1) is 0 Å². The molecule has 1 saturated heterocycles. The molecule has 2 aromatic rings. The van der Waals surface area contributed by atoms with Crippen LogP contribution >= 0.6 is 11.6 Å². The second-order valence-corrected chi connectivity index (χ2v) is 7.67. The molecular weight excluding hydrogens is 348 g/mol. The third-order valence-electron chi connectivity index (χ3n) is 4.76. The fraction of sp³-hybridized carbons (Fsp3) is 0.500. The van der Waals surface area contributed by atoms with Crippen LogP contribution in [0.1, 0.15) is 43.0 Å². The van der Waals surface area contributed by atoms with Gasteiger partial charge in [-0.05, 0) is 24.6 Å². The smallest absolute Gasteiger partial charge is 0.133 e. The Hall–Kier alpha value is -1.69. The van der Waals surface area contributed by atoms with Gasteiger partial charge in [0.1, 0.15) is 11.6 Å². The number of hydrogen-bond acceptors (Lipinski definition) is 5. The van der Waals surface area contributed by atoms with Crippen LogP contribution in [0.15, 0.2) is 30.3 Å². The fourth-order valence-electron chi connectivity index (χ4n) is 3.19. The van der Waals surface area contributed by atoms with Crippen LogP contribution in [0.4, 0.5) is 5.82 Å². The summed E-state index contributed by atoms with van der Waals surface area (Å²) in [6, 6.07) is 9.48. The van der Waals surface area contributed by atoms with Gasteiger partial charge in [0.15, 0.2) is 0 Å². The summed E-state index contributed by atoms with van der Waals surface area (Å²) in [7, 11) is 0. The number of aliphatic hydroxyl groups excluding tert-OH is 1. The molecule has 1 atom stereocenters. The zero-order valence-corrected chi connectivity index (χ0v) is 16.4. The first-order chi connectivity index (χ1) is 12.4. The summed E-state index contributed by atoms with van der Waals surface area (Å²) >= 11 is 5.92. The van der Waals surface area contributed by atoms with E-state index in [1.54, 1.807) is 0 Å². The summed E-state index contributed by atoms with van der Waals surface area (Å²) in [4.78, 5) is 13.9. The van der Waals surface area contributed by atoms with E-state index in [1.165, 1.54) is 0 Å². The summed E-state index contributed by atoms with van der Waals surface area (Å²) in [6.07, 6.45) is -0.493. The molecule has 3 rings (SSSR count). The Kier molecular flexibility index (Phi) is 6.12. The lowest BCUT2D eigenvalue weighted by molar-refractivity contribution is 0.109. The van der Waals surface area contributed by atoms with Crippen molar-refractivity contribution in [2.75, 3.05) is 37.6 Å². The van der Waals surface area contributed by atoms with Crippen molar-refractivity contribution in [3.63, 3.8) is 0 Å². The maximum absolute atomic E-state index is 10.5. The van der Waals surface area contributed by atoms with Crippen molar-refractivity contribution in [3.05, 3.63) is 52.4 Å². The molecule has 0 amide bonds. The van der Waals surface area contributed by atoms with Crippen LogP contribution in [-0.2, 0) is 0 Å². The molecule has 1 aliphatic rings. The lowest BCUT2D eigenvalue weighted by Crippen LogP contribution is -2.48. The fourth-order valence-corrected chi connectivity index (χ4v) is 3.32. The van der Waals surface area contributed by atoms with E-state index in [9.17, 15) is 5.11 Å². The minimum absolute atomic E-state index is 0.324. The standard InChI is InChI=1S/C20H27ClN4O/c1-14(2)20-22-15(3)12-19(23-20)25-10-8-24(9-11-25)13-18(26)16-4-6-17(21)7-5-16/h4-7,12,14,18,26H,8-11,13H2,1-3H3. The second-order valence-electron chi connectivity index (χ2n) is 7.24. The van der Waals surface area contributed by atoms with Crippen molar-refractivity contribution in [3.8, 4) is 0 Å². The number of hydrogen-bond donors (Lipinski definition) is 1. The van der Waals surface area contributed by atoms with E-state index in [0.717, 1.165) is 49.1 Å². The molecule has 0 radical (unpaired) electrons. The quantitative estimate of drug-likeness (QED) is 0.869. The van der Waals surface area contributed by atoms with Gasteiger partial charge in [-0.3, -0.25) is 4.90 Å². The monoisotopic (exact) mass is 374 g/mol. The Morgan fingerprint density at radius 3 is 2.35 bits per heavy atom. The van der Waals surface area contributed by atoms with Crippen LogP contribution < -0.4 is 4.90 Å². The average Bonchev–Trinajstić information content (AvgIpc) is 2.62. The van der Waals surface area contributed by atoms with E-state index in [1.807, 2.05) is 31.2 Å². The molecule has 0 bridgehead atoms.